The Balaban J connectivity index is 1.54. The molecule has 3 amide bonds. The fraction of sp³-hybridized carbons (Fsp3) is 0.571. The van der Waals surface area contributed by atoms with Crippen LogP contribution in [0.4, 0.5) is 5.69 Å². The topological polar surface area (TPSA) is 81.8 Å². The Labute approximate surface area is 165 Å². The largest absolute Gasteiger partial charge is 0.370 e. The molecular weight excluding hydrogens is 356 g/mol. The van der Waals surface area contributed by atoms with E-state index in [0.717, 1.165) is 17.7 Å². The number of carbonyl (C=O) groups is 3. The summed E-state index contributed by atoms with van der Waals surface area (Å²) in [5, 5.41) is 5.80. The van der Waals surface area contributed by atoms with Crippen molar-refractivity contribution in [3.05, 3.63) is 29.3 Å². The summed E-state index contributed by atoms with van der Waals surface area (Å²) in [6.45, 7) is 0.419. The van der Waals surface area contributed by atoms with Gasteiger partial charge in [-0.2, -0.15) is 0 Å². The lowest BCUT2D eigenvalue weighted by molar-refractivity contribution is -0.136. The second-order valence-corrected chi connectivity index (χ2v) is 8.10. The van der Waals surface area contributed by atoms with Crippen LogP contribution >= 0.6 is 0 Å². The number of piperidine rings is 1. The number of imide groups is 1. The van der Waals surface area contributed by atoms with Crippen molar-refractivity contribution in [1.82, 2.24) is 15.5 Å². The van der Waals surface area contributed by atoms with Crippen molar-refractivity contribution in [2.45, 2.75) is 63.2 Å². The van der Waals surface area contributed by atoms with E-state index in [1.807, 2.05) is 19.2 Å². The lowest BCUT2D eigenvalue weighted by atomic mass is 9.89. The third-order valence-electron chi connectivity index (χ3n) is 6.51. The zero-order valence-corrected chi connectivity index (χ0v) is 16.5. The second kappa shape index (κ2) is 7.54. The van der Waals surface area contributed by atoms with Crippen LogP contribution < -0.4 is 15.5 Å². The monoisotopic (exact) mass is 384 g/mol. The summed E-state index contributed by atoms with van der Waals surface area (Å²) in [5.41, 5.74) is 2.72. The summed E-state index contributed by atoms with van der Waals surface area (Å²) < 4.78 is 0. The van der Waals surface area contributed by atoms with E-state index in [4.69, 9.17) is 0 Å². The fourth-order valence-corrected chi connectivity index (χ4v) is 4.88. The summed E-state index contributed by atoms with van der Waals surface area (Å²) >= 11 is 0. The normalized spacial score (nSPS) is 27.6. The van der Waals surface area contributed by atoms with Gasteiger partial charge < -0.3 is 15.1 Å². The fourth-order valence-electron chi connectivity index (χ4n) is 4.88. The third-order valence-corrected chi connectivity index (χ3v) is 6.51. The van der Waals surface area contributed by atoms with Crippen LogP contribution in [0.3, 0.4) is 0 Å². The Hall–Kier alpha value is -2.41. The number of amides is 3. The summed E-state index contributed by atoms with van der Waals surface area (Å²) in [6.07, 6.45) is 5.49. The van der Waals surface area contributed by atoms with Crippen molar-refractivity contribution in [2.75, 3.05) is 19.0 Å². The highest BCUT2D eigenvalue weighted by Crippen LogP contribution is 2.32. The number of rotatable bonds is 4. The average molecular weight is 384 g/mol. The number of anilines is 1. The van der Waals surface area contributed by atoms with Crippen molar-refractivity contribution in [3.63, 3.8) is 0 Å². The quantitative estimate of drug-likeness (QED) is 0.768. The van der Waals surface area contributed by atoms with Crippen molar-refractivity contribution in [2.24, 2.45) is 0 Å². The first-order chi connectivity index (χ1) is 13.5. The summed E-state index contributed by atoms with van der Waals surface area (Å²) in [7, 11) is 4.15. The molecule has 1 aromatic carbocycles. The Morgan fingerprint density at radius 2 is 1.93 bits per heavy atom. The van der Waals surface area contributed by atoms with Crippen molar-refractivity contribution in [3.8, 4) is 0 Å². The molecule has 3 aliphatic rings. The minimum Gasteiger partial charge on any atom is -0.370 e. The molecule has 3 atom stereocenters. The van der Waals surface area contributed by atoms with E-state index in [0.29, 0.717) is 30.6 Å². The molecule has 0 aromatic heterocycles. The van der Waals surface area contributed by atoms with Crippen LogP contribution in [-0.2, 0) is 16.1 Å². The number of nitrogens with zero attached hydrogens (tertiary/aromatic N) is 2. The van der Waals surface area contributed by atoms with E-state index in [1.54, 1.807) is 4.90 Å². The summed E-state index contributed by atoms with van der Waals surface area (Å²) in [4.78, 5) is 40.4. The van der Waals surface area contributed by atoms with Crippen molar-refractivity contribution < 1.29 is 14.4 Å². The first-order valence-electron chi connectivity index (χ1n) is 10.2. The van der Waals surface area contributed by atoms with Crippen LogP contribution in [0.2, 0.25) is 0 Å². The van der Waals surface area contributed by atoms with Crippen LogP contribution in [0.15, 0.2) is 18.2 Å². The molecule has 2 N–H and O–H groups in total. The molecule has 150 valence electrons. The number of hydrogen-bond donors (Lipinski definition) is 2. The van der Waals surface area contributed by atoms with E-state index >= 15 is 0 Å². The number of fused-ring (bicyclic) bond motifs is 1. The van der Waals surface area contributed by atoms with Crippen LogP contribution in [-0.4, -0.2) is 54.8 Å². The number of likely N-dealkylation sites (N-methyl/N-ethyl adjacent to an activating group) is 2. The van der Waals surface area contributed by atoms with Gasteiger partial charge in [0, 0.05) is 43.3 Å². The molecule has 2 heterocycles. The van der Waals surface area contributed by atoms with Gasteiger partial charge in [-0.25, -0.2) is 0 Å². The molecule has 0 radical (unpaired) electrons. The predicted octanol–water partition coefficient (Wildman–Crippen LogP) is 1.41. The number of carbonyl (C=O) groups excluding carboxylic acids is 3. The van der Waals surface area contributed by atoms with Gasteiger partial charge >= 0.3 is 0 Å². The van der Waals surface area contributed by atoms with E-state index in [2.05, 4.69) is 28.6 Å². The molecule has 7 nitrogen and oxygen atoms in total. The molecule has 1 saturated heterocycles. The molecule has 1 saturated carbocycles. The van der Waals surface area contributed by atoms with Gasteiger partial charge in [-0.05, 0) is 50.1 Å². The van der Waals surface area contributed by atoms with Gasteiger partial charge in [-0.1, -0.05) is 12.8 Å². The predicted molar refractivity (Wildman–Crippen MR) is 106 cm³/mol. The highest BCUT2D eigenvalue weighted by atomic mass is 16.2. The van der Waals surface area contributed by atoms with Crippen LogP contribution in [0.25, 0.3) is 0 Å². The highest BCUT2D eigenvalue weighted by molar-refractivity contribution is 6.05. The standard InChI is InChI=1S/C21H28N4O3/c1-22-16-5-3-4-6-17(16)24(2)14-7-8-15-13(11-14)12-25(21(15)28)18-9-10-19(26)23-20(18)27/h7-8,11,16-18,22H,3-6,9-10,12H2,1-2H3,(H,23,26,27)/t16-,17-,18-/m1/s1. The molecule has 0 spiro atoms. The van der Waals surface area contributed by atoms with E-state index in [-0.39, 0.29) is 24.1 Å². The minimum absolute atomic E-state index is 0.121. The maximum absolute atomic E-state index is 12.8. The number of nitrogens with one attached hydrogen (secondary N) is 2. The lowest BCUT2D eigenvalue weighted by Crippen LogP contribution is -2.52. The molecule has 1 aromatic rings. The van der Waals surface area contributed by atoms with Gasteiger partial charge in [0.2, 0.25) is 11.8 Å². The average Bonchev–Trinajstić information content (AvgIpc) is 3.03. The highest BCUT2D eigenvalue weighted by Gasteiger charge is 2.39. The molecular formula is C21H28N4O3. The van der Waals surface area contributed by atoms with E-state index in [9.17, 15) is 14.4 Å². The van der Waals surface area contributed by atoms with Crippen LogP contribution in [0.5, 0.6) is 0 Å². The van der Waals surface area contributed by atoms with E-state index < -0.39 is 6.04 Å². The van der Waals surface area contributed by atoms with Gasteiger partial charge in [0.25, 0.3) is 5.91 Å². The van der Waals surface area contributed by atoms with Gasteiger partial charge in [-0.15, -0.1) is 0 Å². The SMILES string of the molecule is CN[C@@H]1CCCC[C@H]1N(C)c1ccc2c(c1)CN([C@@H]1CCC(=O)NC1=O)C2=O. The zero-order valence-electron chi connectivity index (χ0n) is 16.5. The zero-order chi connectivity index (χ0) is 19.8. The van der Waals surface area contributed by atoms with Gasteiger partial charge in [0.15, 0.2) is 0 Å². The molecule has 2 aliphatic heterocycles. The number of hydrogen-bond acceptors (Lipinski definition) is 5. The van der Waals surface area contributed by atoms with Gasteiger partial charge in [0.05, 0.1) is 0 Å². The maximum Gasteiger partial charge on any atom is 0.255 e. The molecule has 2 fully saturated rings. The van der Waals surface area contributed by atoms with Gasteiger partial charge in [-0.3, -0.25) is 19.7 Å². The Morgan fingerprint density at radius 3 is 2.68 bits per heavy atom. The molecule has 28 heavy (non-hydrogen) atoms. The first kappa shape index (κ1) is 18.9. The summed E-state index contributed by atoms with van der Waals surface area (Å²) in [6, 6.07) is 6.30. The van der Waals surface area contributed by atoms with Crippen LogP contribution in [0, 0.1) is 0 Å². The first-order valence-corrected chi connectivity index (χ1v) is 10.2. The van der Waals surface area contributed by atoms with Crippen molar-refractivity contribution >= 4 is 23.4 Å². The second-order valence-electron chi connectivity index (χ2n) is 8.10. The molecule has 7 heteroatoms. The lowest BCUT2D eigenvalue weighted by Gasteiger charge is -2.39. The van der Waals surface area contributed by atoms with Crippen LogP contribution in [0.1, 0.15) is 54.4 Å². The number of benzene rings is 1. The van der Waals surface area contributed by atoms with Crippen molar-refractivity contribution in [1.29, 1.82) is 0 Å². The Morgan fingerprint density at radius 1 is 1.14 bits per heavy atom. The molecule has 0 unspecified atom stereocenters. The molecule has 4 rings (SSSR count). The molecule has 1 aliphatic carbocycles. The summed E-state index contributed by atoms with van der Waals surface area (Å²) in [5.74, 6) is -0.751. The molecule has 0 bridgehead atoms. The van der Waals surface area contributed by atoms with E-state index in [1.165, 1.54) is 19.3 Å². The van der Waals surface area contributed by atoms with Gasteiger partial charge in [0.1, 0.15) is 6.04 Å². The maximum atomic E-state index is 12.8. The third kappa shape index (κ3) is 3.28. The Bertz CT molecular complexity index is 809. The smallest absolute Gasteiger partial charge is 0.255 e. The minimum atomic E-state index is -0.564. The Kier molecular flexibility index (Phi) is 5.10.